The third-order valence-corrected chi connectivity index (χ3v) is 1.83. The van der Waals surface area contributed by atoms with Crippen molar-refractivity contribution in [3.8, 4) is 0 Å². The molecule has 0 aromatic rings. The summed E-state index contributed by atoms with van der Waals surface area (Å²) in [6.07, 6.45) is 1.83. The molecular formula is C5H10BBrO2. The Kier molecular flexibility index (Phi) is 4.86. The zero-order valence-corrected chi connectivity index (χ0v) is 7.27. The highest BCUT2D eigenvalue weighted by Gasteiger charge is 2.12. The van der Waals surface area contributed by atoms with Gasteiger partial charge < -0.3 is 4.74 Å². The van der Waals surface area contributed by atoms with Crippen molar-refractivity contribution >= 4 is 29.7 Å². The summed E-state index contributed by atoms with van der Waals surface area (Å²) in [6, 6.07) is 0. The maximum atomic E-state index is 10.6. The number of halogens is 1. The fourth-order valence-corrected chi connectivity index (χ4v) is 1.14. The first kappa shape index (κ1) is 9.01. The van der Waals surface area contributed by atoms with Gasteiger partial charge in [0.15, 0.2) is 0 Å². The molecule has 0 aromatic carbocycles. The maximum absolute atomic E-state index is 10.6. The van der Waals surface area contributed by atoms with Crippen LogP contribution in [-0.2, 0) is 9.53 Å². The summed E-state index contributed by atoms with van der Waals surface area (Å²) >= 11 is 3.19. The van der Waals surface area contributed by atoms with E-state index in [1.54, 1.807) is 0 Å². The summed E-state index contributed by atoms with van der Waals surface area (Å²) in [5.41, 5.74) is 0. The summed E-state index contributed by atoms with van der Waals surface area (Å²) in [5, 5.41) is 0. The maximum Gasteiger partial charge on any atom is 0.319 e. The van der Waals surface area contributed by atoms with Crippen LogP contribution >= 0.6 is 15.9 Å². The molecule has 2 nitrogen and oxygen atoms in total. The zero-order valence-electron chi connectivity index (χ0n) is 5.69. The molecule has 0 aliphatic rings. The van der Waals surface area contributed by atoms with Crippen molar-refractivity contribution in [3.05, 3.63) is 0 Å². The molecule has 0 saturated carbocycles. The molecule has 0 aromatic heterocycles. The predicted molar refractivity (Wildman–Crippen MR) is 42.7 cm³/mol. The fraction of sp³-hybridized carbons (Fsp3) is 0.800. The van der Waals surface area contributed by atoms with E-state index in [2.05, 4.69) is 20.7 Å². The second-order valence-electron chi connectivity index (χ2n) is 1.78. The van der Waals surface area contributed by atoms with Crippen molar-refractivity contribution < 1.29 is 9.53 Å². The summed E-state index contributed by atoms with van der Waals surface area (Å²) in [7, 11) is 3.42. The summed E-state index contributed by atoms with van der Waals surface area (Å²) in [4.78, 5) is 10.5. The van der Waals surface area contributed by atoms with Crippen molar-refractivity contribution in [1.82, 2.24) is 0 Å². The van der Waals surface area contributed by atoms with E-state index in [9.17, 15) is 4.79 Å². The number of alkyl halides is 1. The van der Waals surface area contributed by atoms with Crippen LogP contribution in [0.3, 0.4) is 0 Å². The summed E-state index contributed by atoms with van der Waals surface area (Å²) in [5.74, 6) is -0.183. The second kappa shape index (κ2) is 4.85. The van der Waals surface area contributed by atoms with Gasteiger partial charge in [-0.2, -0.15) is 0 Å². The standard InChI is InChI=1S/C5H10BBrO2/c1-9-5(8)4(7)2-3-6/h4H,2-3,6H2,1H3. The normalized spacial score (nSPS) is 12.7. The predicted octanol–water partition coefficient (Wildman–Crippen LogP) is 0.364. The van der Waals surface area contributed by atoms with E-state index in [1.807, 2.05) is 7.85 Å². The smallest absolute Gasteiger partial charge is 0.319 e. The summed E-state index contributed by atoms with van der Waals surface area (Å²) in [6.45, 7) is 0. The lowest BCUT2D eigenvalue weighted by Gasteiger charge is -2.03. The summed E-state index contributed by atoms with van der Waals surface area (Å²) < 4.78 is 4.48. The highest BCUT2D eigenvalue weighted by atomic mass is 79.9. The molecule has 52 valence electrons. The molecule has 4 heteroatoms. The highest BCUT2D eigenvalue weighted by Crippen LogP contribution is 2.07. The molecule has 0 aliphatic heterocycles. The minimum Gasteiger partial charge on any atom is -0.468 e. The van der Waals surface area contributed by atoms with E-state index in [0.717, 1.165) is 12.7 Å². The van der Waals surface area contributed by atoms with Crippen molar-refractivity contribution in [2.24, 2.45) is 0 Å². The van der Waals surface area contributed by atoms with Crippen LogP contribution in [0.5, 0.6) is 0 Å². The molecule has 0 amide bonds. The number of hydrogen-bond donors (Lipinski definition) is 0. The zero-order chi connectivity index (χ0) is 7.28. The molecule has 0 bridgehead atoms. The van der Waals surface area contributed by atoms with E-state index < -0.39 is 0 Å². The van der Waals surface area contributed by atoms with Gasteiger partial charge in [0.1, 0.15) is 12.7 Å². The van der Waals surface area contributed by atoms with Crippen molar-refractivity contribution in [3.63, 3.8) is 0 Å². The SMILES string of the molecule is BCCC(Br)C(=O)OC. The lowest BCUT2D eigenvalue weighted by Crippen LogP contribution is -2.14. The third kappa shape index (κ3) is 3.57. The van der Waals surface area contributed by atoms with Crippen LogP contribution in [0.15, 0.2) is 0 Å². The van der Waals surface area contributed by atoms with Gasteiger partial charge in [0.25, 0.3) is 0 Å². The van der Waals surface area contributed by atoms with E-state index >= 15 is 0 Å². The fourth-order valence-electron chi connectivity index (χ4n) is 0.499. The molecule has 0 radical (unpaired) electrons. The molecule has 0 N–H and O–H groups in total. The average molecular weight is 193 g/mol. The first-order chi connectivity index (χ1) is 4.22. The lowest BCUT2D eigenvalue weighted by atomic mass is 10.0. The quantitative estimate of drug-likeness (QED) is 0.367. The molecular weight excluding hydrogens is 183 g/mol. The first-order valence-corrected chi connectivity index (χ1v) is 3.85. The topological polar surface area (TPSA) is 26.3 Å². The molecule has 0 saturated heterocycles. The van der Waals surface area contributed by atoms with E-state index in [4.69, 9.17) is 0 Å². The van der Waals surface area contributed by atoms with Gasteiger partial charge in [-0.15, -0.1) is 0 Å². The monoisotopic (exact) mass is 192 g/mol. The Hall–Kier alpha value is 0.0149. The number of ether oxygens (including phenoxy) is 1. The third-order valence-electron chi connectivity index (χ3n) is 0.999. The minimum atomic E-state index is -0.183. The van der Waals surface area contributed by atoms with Gasteiger partial charge in [0.05, 0.1) is 7.11 Å². The molecule has 9 heavy (non-hydrogen) atoms. The molecule has 1 unspecified atom stereocenters. The van der Waals surface area contributed by atoms with Gasteiger partial charge in [-0.25, -0.2) is 0 Å². The van der Waals surface area contributed by atoms with Crippen LogP contribution in [0.2, 0.25) is 6.32 Å². The Morgan fingerprint density at radius 1 is 1.89 bits per heavy atom. The van der Waals surface area contributed by atoms with Gasteiger partial charge in [0.2, 0.25) is 0 Å². The van der Waals surface area contributed by atoms with Crippen LogP contribution in [0, 0.1) is 0 Å². The van der Waals surface area contributed by atoms with Gasteiger partial charge in [-0.05, 0) is 6.42 Å². The second-order valence-corrected chi connectivity index (χ2v) is 2.88. The molecule has 0 aliphatic carbocycles. The van der Waals surface area contributed by atoms with Gasteiger partial charge >= 0.3 is 5.97 Å². The lowest BCUT2D eigenvalue weighted by molar-refractivity contribution is -0.139. The molecule has 0 spiro atoms. The molecule has 1 atom stereocenters. The van der Waals surface area contributed by atoms with Crippen LogP contribution in [0.4, 0.5) is 0 Å². The van der Waals surface area contributed by atoms with Gasteiger partial charge in [0, 0.05) is 0 Å². The number of esters is 1. The van der Waals surface area contributed by atoms with E-state index in [-0.39, 0.29) is 10.8 Å². The number of rotatable bonds is 3. The average Bonchev–Trinajstić information content (AvgIpc) is 1.87. The Bertz CT molecular complexity index is 97.0. The van der Waals surface area contributed by atoms with Crippen molar-refractivity contribution in [1.29, 1.82) is 0 Å². The van der Waals surface area contributed by atoms with E-state index in [1.165, 1.54) is 7.11 Å². The van der Waals surface area contributed by atoms with Crippen LogP contribution in [0.1, 0.15) is 6.42 Å². The highest BCUT2D eigenvalue weighted by molar-refractivity contribution is 9.10. The van der Waals surface area contributed by atoms with Crippen LogP contribution in [-0.4, -0.2) is 25.8 Å². The Morgan fingerprint density at radius 2 is 2.44 bits per heavy atom. The largest absolute Gasteiger partial charge is 0.468 e. The van der Waals surface area contributed by atoms with E-state index in [0.29, 0.717) is 0 Å². The number of carbonyl (C=O) groups is 1. The van der Waals surface area contributed by atoms with Crippen LogP contribution in [0.25, 0.3) is 0 Å². The molecule has 0 heterocycles. The number of hydrogen-bond acceptors (Lipinski definition) is 2. The Labute approximate surface area is 64.5 Å². The Morgan fingerprint density at radius 3 is 2.78 bits per heavy atom. The van der Waals surface area contributed by atoms with Crippen molar-refractivity contribution in [2.45, 2.75) is 17.6 Å². The van der Waals surface area contributed by atoms with Crippen LogP contribution < -0.4 is 0 Å². The van der Waals surface area contributed by atoms with Crippen molar-refractivity contribution in [2.75, 3.05) is 7.11 Å². The first-order valence-electron chi connectivity index (χ1n) is 2.94. The Balaban J connectivity index is 3.45. The number of carbonyl (C=O) groups excluding carboxylic acids is 1. The van der Waals surface area contributed by atoms with Gasteiger partial charge in [-0.3, -0.25) is 4.79 Å². The molecule has 0 rings (SSSR count). The number of methoxy groups -OCH3 is 1. The van der Waals surface area contributed by atoms with Gasteiger partial charge in [-0.1, -0.05) is 22.3 Å². The molecule has 0 fully saturated rings. The minimum absolute atomic E-state index is 0.118.